The number of aliphatic hydroxyl groups is 1. The molecule has 9 heteroatoms. The van der Waals surface area contributed by atoms with Gasteiger partial charge in [-0.05, 0) is 55.0 Å². The van der Waals surface area contributed by atoms with Crippen LogP contribution in [0.4, 0.5) is 11.8 Å². The normalized spacial score (nSPS) is 18.3. The molecule has 216 valence electrons. The summed E-state index contributed by atoms with van der Waals surface area (Å²) >= 11 is 0. The zero-order valence-electron chi connectivity index (χ0n) is 23.9. The SMILES string of the molecule is CCC[C@@H](CO)Nc1nc(N)nc2c3ccccc3n(Cc3cc(C4=CCC(NC5COC5)CC4)ccc3OC)c12. The maximum atomic E-state index is 10.0. The number of nitrogens with zero attached hydrogens (tertiary/aromatic N) is 3. The zero-order valence-corrected chi connectivity index (χ0v) is 23.9. The lowest BCUT2D eigenvalue weighted by Crippen LogP contribution is -2.50. The van der Waals surface area contributed by atoms with E-state index < -0.39 is 0 Å². The number of aliphatic hydroxyl groups excluding tert-OH is 1. The van der Waals surface area contributed by atoms with Gasteiger partial charge in [-0.3, -0.25) is 0 Å². The van der Waals surface area contributed by atoms with E-state index >= 15 is 0 Å². The molecule has 0 saturated carbocycles. The maximum Gasteiger partial charge on any atom is 0.222 e. The number of benzene rings is 2. The van der Waals surface area contributed by atoms with Gasteiger partial charge in [0.25, 0.3) is 0 Å². The minimum absolute atomic E-state index is 0.00919. The molecule has 1 aliphatic heterocycles. The maximum absolute atomic E-state index is 10.0. The Labute approximate surface area is 240 Å². The van der Waals surface area contributed by atoms with Crippen LogP contribution in [0.3, 0.4) is 0 Å². The second-order valence-electron chi connectivity index (χ2n) is 11.2. The molecule has 0 radical (unpaired) electrons. The molecule has 2 aromatic heterocycles. The predicted octanol–water partition coefficient (Wildman–Crippen LogP) is 4.72. The van der Waals surface area contributed by atoms with Gasteiger partial charge in [0.1, 0.15) is 16.8 Å². The van der Waals surface area contributed by atoms with E-state index in [1.54, 1.807) is 7.11 Å². The van der Waals surface area contributed by atoms with Gasteiger partial charge < -0.3 is 35.5 Å². The number of para-hydroxylation sites is 1. The highest BCUT2D eigenvalue weighted by molar-refractivity contribution is 6.09. The van der Waals surface area contributed by atoms with Crippen molar-refractivity contribution in [3.05, 3.63) is 59.7 Å². The molecule has 0 amide bonds. The lowest BCUT2D eigenvalue weighted by atomic mass is 9.89. The van der Waals surface area contributed by atoms with Crippen molar-refractivity contribution in [2.45, 2.75) is 63.7 Å². The molecule has 1 aliphatic carbocycles. The van der Waals surface area contributed by atoms with E-state index in [4.69, 9.17) is 15.2 Å². The average molecular weight is 557 g/mol. The Morgan fingerprint density at radius 3 is 2.73 bits per heavy atom. The molecule has 4 aromatic rings. The molecule has 3 heterocycles. The summed E-state index contributed by atoms with van der Waals surface area (Å²) < 4.78 is 13.4. The predicted molar refractivity (Wildman–Crippen MR) is 164 cm³/mol. The number of rotatable bonds is 11. The minimum atomic E-state index is -0.129. The van der Waals surface area contributed by atoms with Crippen LogP contribution in [0.5, 0.6) is 5.75 Å². The Hall–Kier alpha value is -3.66. The molecule has 5 N–H and O–H groups in total. The van der Waals surface area contributed by atoms with Gasteiger partial charge in [0.2, 0.25) is 5.95 Å². The highest BCUT2D eigenvalue weighted by atomic mass is 16.5. The fraction of sp³-hybridized carbons (Fsp3) is 0.438. The van der Waals surface area contributed by atoms with E-state index in [1.807, 2.05) is 12.1 Å². The fourth-order valence-electron chi connectivity index (χ4n) is 6.15. The number of hydrogen-bond donors (Lipinski definition) is 4. The quantitative estimate of drug-likeness (QED) is 0.210. The number of allylic oxidation sites excluding steroid dienone is 1. The molecular weight excluding hydrogens is 516 g/mol. The Bertz CT molecular complexity index is 1560. The Kier molecular flexibility index (Phi) is 8.09. The van der Waals surface area contributed by atoms with E-state index in [9.17, 15) is 5.11 Å². The first-order valence-electron chi connectivity index (χ1n) is 14.7. The van der Waals surface area contributed by atoms with Gasteiger partial charge >= 0.3 is 0 Å². The molecule has 6 rings (SSSR count). The molecule has 0 bridgehead atoms. The summed E-state index contributed by atoms with van der Waals surface area (Å²) in [4.78, 5) is 9.28. The van der Waals surface area contributed by atoms with Gasteiger partial charge in [-0.25, -0.2) is 4.98 Å². The summed E-state index contributed by atoms with van der Waals surface area (Å²) in [5.41, 5.74) is 12.6. The highest BCUT2D eigenvalue weighted by Crippen LogP contribution is 2.36. The van der Waals surface area contributed by atoms with Gasteiger partial charge in [-0.1, -0.05) is 43.7 Å². The topological polar surface area (TPSA) is 119 Å². The summed E-state index contributed by atoms with van der Waals surface area (Å²) in [6.07, 6.45) is 7.32. The lowest BCUT2D eigenvalue weighted by molar-refractivity contribution is -0.0103. The van der Waals surface area contributed by atoms with Crippen LogP contribution in [-0.4, -0.2) is 64.7 Å². The smallest absolute Gasteiger partial charge is 0.222 e. The van der Waals surface area contributed by atoms with Crippen molar-refractivity contribution in [1.82, 2.24) is 19.9 Å². The highest BCUT2D eigenvalue weighted by Gasteiger charge is 2.24. The Balaban J connectivity index is 1.38. The van der Waals surface area contributed by atoms with E-state index in [-0.39, 0.29) is 18.6 Å². The standard InChI is InChI=1S/C32H40N6O3/c1-3-6-24(17-39)35-31-30-29(36-32(33)37-31)26-7-4-5-8-27(26)38(30)16-22-15-21(11-14-28(22)40-2)20-9-12-23(13-10-20)34-25-18-41-19-25/h4-5,7-9,11,14-15,23-25,34,39H,3,6,10,12-13,16-19H2,1-2H3,(H3,33,35,36,37)/t23?,24-/m0/s1. The summed E-state index contributed by atoms with van der Waals surface area (Å²) in [6, 6.07) is 15.6. The van der Waals surface area contributed by atoms with Crippen molar-refractivity contribution in [1.29, 1.82) is 0 Å². The minimum Gasteiger partial charge on any atom is -0.496 e. The number of hydrogen-bond acceptors (Lipinski definition) is 8. The Morgan fingerprint density at radius 1 is 1.17 bits per heavy atom. The molecule has 1 unspecified atom stereocenters. The van der Waals surface area contributed by atoms with E-state index in [2.05, 4.69) is 68.5 Å². The van der Waals surface area contributed by atoms with Gasteiger partial charge in [-0.2, -0.15) is 4.98 Å². The van der Waals surface area contributed by atoms with Crippen molar-refractivity contribution < 1.29 is 14.6 Å². The van der Waals surface area contributed by atoms with E-state index in [1.165, 1.54) is 11.1 Å². The third kappa shape index (κ3) is 5.62. The lowest BCUT2D eigenvalue weighted by Gasteiger charge is -2.33. The number of methoxy groups -OCH3 is 1. The Morgan fingerprint density at radius 2 is 2.02 bits per heavy atom. The van der Waals surface area contributed by atoms with Crippen LogP contribution in [0.2, 0.25) is 0 Å². The summed E-state index contributed by atoms with van der Waals surface area (Å²) in [5, 5.41) is 18.2. The summed E-state index contributed by atoms with van der Waals surface area (Å²) in [7, 11) is 1.72. The third-order valence-corrected chi connectivity index (χ3v) is 8.32. The van der Waals surface area contributed by atoms with Crippen LogP contribution in [0.15, 0.2) is 48.5 Å². The van der Waals surface area contributed by atoms with Gasteiger partial charge in [0.05, 0.1) is 51.1 Å². The second-order valence-corrected chi connectivity index (χ2v) is 11.2. The van der Waals surface area contributed by atoms with Crippen molar-refractivity contribution in [3.63, 3.8) is 0 Å². The average Bonchev–Trinajstić information content (AvgIpc) is 3.28. The third-order valence-electron chi connectivity index (χ3n) is 8.32. The molecule has 2 aromatic carbocycles. The van der Waals surface area contributed by atoms with Gasteiger partial charge in [0, 0.05) is 17.0 Å². The molecular formula is C32H40N6O3. The van der Waals surface area contributed by atoms with Gasteiger partial charge in [-0.15, -0.1) is 0 Å². The van der Waals surface area contributed by atoms with Gasteiger partial charge in [0.15, 0.2) is 5.82 Å². The number of nitrogens with two attached hydrogens (primary N) is 1. The monoisotopic (exact) mass is 556 g/mol. The summed E-state index contributed by atoms with van der Waals surface area (Å²) in [6.45, 7) is 4.33. The van der Waals surface area contributed by atoms with E-state index in [0.717, 1.165) is 78.6 Å². The van der Waals surface area contributed by atoms with Crippen LogP contribution in [0.1, 0.15) is 50.2 Å². The van der Waals surface area contributed by atoms with Crippen LogP contribution < -0.4 is 21.1 Å². The number of nitrogens with one attached hydrogen (secondary N) is 2. The van der Waals surface area contributed by atoms with Crippen molar-refractivity contribution in [3.8, 4) is 5.75 Å². The largest absolute Gasteiger partial charge is 0.496 e. The number of aromatic nitrogens is 3. The first-order chi connectivity index (χ1) is 20.1. The molecule has 2 aliphatic rings. The number of fused-ring (bicyclic) bond motifs is 3. The van der Waals surface area contributed by atoms with E-state index in [0.29, 0.717) is 24.4 Å². The van der Waals surface area contributed by atoms with Crippen LogP contribution in [0, 0.1) is 0 Å². The van der Waals surface area contributed by atoms with Crippen LogP contribution >= 0.6 is 0 Å². The second kappa shape index (κ2) is 12.1. The number of anilines is 2. The van der Waals surface area contributed by atoms with Crippen LogP contribution in [0.25, 0.3) is 27.5 Å². The molecule has 9 nitrogen and oxygen atoms in total. The van der Waals surface area contributed by atoms with Crippen molar-refractivity contribution in [2.24, 2.45) is 0 Å². The molecule has 1 saturated heterocycles. The van der Waals surface area contributed by atoms with Crippen molar-refractivity contribution >= 4 is 39.3 Å². The number of ether oxygens (including phenoxy) is 2. The first kappa shape index (κ1) is 27.5. The summed E-state index contributed by atoms with van der Waals surface area (Å²) in [5.74, 6) is 1.68. The zero-order chi connectivity index (χ0) is 28.3. The fourth-order valence-corrected chi connectivity index (χ4v) is 6.15. The molecule has 0 spiro atoms. The molecule has 2 atom stereocenters. The van der Waals surface area contributed by atoms with Crippen LogP contribution in [-0.2, 0) is 11.3 Å². The molecule has 1 fully saturated rings. The molecule has 41 heavy (non-hydrogen) atoms. The number of nitrogen functional groups attached to an aromatic ring is 1. The first-order valence-corrected chi connectivity index (χ1v) is 14.7. The van der Waals surface area contributed by atoms with Crippen molar-refractivity contribution in [2.75, 3.05) is 38.0 Å².